The van der Waals surface area contributed by atoms with Crippen LogP contribution in [-0.2, 0) is 7.05 Å². The van der Waals surface area contributed by atoms with Gasteiger partial charge in [-0.05, 0) is 24.0 Å². The molecule has 0 aromatic carbocycles. The molecule has 0 atom stereocenters. The monoisotopic (exact) mass is 213 g/mol. The third-order valence-electron chi connectivity index (χ3n) is 1.94. The van der Waals surface area contributed by atoms with Crippen molar-refractivity contribution in [1.82, 2.24) is 14.5 Å². The zero-order valence-electron chi connectivity index (χ0n) is 9.10. The number of nitrogens with zero attached hydrogens (tertiary/aromatic N) is 4. The number of likely N-dealkylation sites (N-methyl/N-ethyl adjacent to an activating group) is 1. The summed E-state index contributed by atoms with van der Waals surface area (Å²) in [4.78, 5) is 15.8. The third-order valence-corrected chi connectivity index (χ3v) is 1.94. The molecule has 1 aromatic heterocycles. The van der Waals surface area contributed by atoms with Gasteiger partial charge in [0.1, 0.15) is 0 Å². The van der Waals surface area contributed by atoms with Gasteiger partial charge in [-0.15, -0.1) is 0 Å². The van der Waals surface area contributed by atoms with Gasteiger partial charge >= 0.3 is 5.82 Å². The molecule has 0 saturated carbocycles. The lowest BCUT2D eigenvalue weighted by molar-refractivity contribution is -0.388. The van der Waals surface area contributed by atoms with Crippen molar-refractivity contribution in [2.75, 3.05) is 32.5 Å². The minimum atomic E-state index is -0.488. The fourth-order valence-corrected chi connectivity index (χ4v) is 1.15. The van der Waals surface area contributed by atoms with Crippen molar-refractivity contribution < 1.29 is 4.92 Å². The molecular weight excluding hydrogens is 198 g/mol. The summed E-state index contributed by atoms with van der Waals surface area (Å²) < 4.78 is 1.60. The molecule has 0 unspecified atom stereocenters. The summed E-state index contributed by atoms with van der Waals surface area (Å²) in [7, 11) is 5.61. The van der Waals surface area contributed by atoms with Gasteiger partial charge in [0.05, 0.1) is 0 Å². The van der Waals surface area contributed by atoms with E-state index in [1.54, 1.807) is 11.6 Å². The maximum Gasteiger partial charge on any atom is 0.406 e. The zero-order valence-corrected chi connectivity index (χ0v) is 9.10. The highest BCUT2D eigenvalue weighted by Gasteiger charge is 2.19. The first-order valence-corrected chi connectivity index (χ1v) is 4.56. The smallest absolute Gasteiger partial charge is 0.363 e. The topological polar surface area (TPSA) is 76.2 Å². The zero-order chi connectivity index (χ0) is 11.4. The van der Waals surface area contributed by atoms with Crippen LogP contribution in [0.4, 0.5) is 11.6 Å². The van der Waals surface area contributed by atoms with Gasteiger partial charge in [-0.2, -0.15) is 0 Å². The Morgan fingerprint density at radius 2 is 2.33 bits per heavy atom. The van der Waals surface area contributed by atoms with Crippen LogP contribution in [-0.4, -0.2) is 46.6 Å². The Morgan fingerprint density at radius 3 is 2.87 bits per heavy atom. The lowest BCUT2D eigenvalue weighted by Gasteiger charge is -2.10. The fraction of sp³-hybridized carbons (Fsp3) is 0.625. The van der Waals surface area contributed by atoms with Crippen molar-refractivity contribution in [2.45, 2.75) is 0 Å². The highest BCUT2D eigenvalue weighted by molar-refractivity contribution is 5.51. The summed E-state index contributed by atoms with van der Waals surface area (Å²) in [6.07, 6.45) is 1.43. The van der Waals surface area contributed by atoms with E-state index in [4.69, 9.17) is 0 Å². The second kappa shape index (κ2) is 4.74. The summed E-state index contributed by atoms with van der Waals surface area (Å²) in [5.74, 6) is 0.318. The molecule has 0 bridgehead atoms. The Balaban J connectivity index is 2.66. The number of anilines is 1. The van der Waals surface area contributed by atoms with Gasteiger partial charge in [0.25, 0.3) is 0 Å². The van der Waals surface area contributed by atoms with Crippen molar-refractivity contribution in [1.29, 1.82) is 0 Å². The molecule has 1 heterocycles. The van der Waals surface area contributed by atoms with Gasteiger partial charge in [-0.1, -0.05) is 0 Å². The molecule has 0 aliphatic heterocycles. The molecule has 0 fully saturated rings. The summed E-state index contributed by atoms with van der Waals surface area (Å²) in [5, 5.41) is 13.6. The minimum Gasteiger partial charge on any atom is -0.363 e. The molecule has 15 heavy (non-hydrogen) atoms. The van der Waals surface area contributed by atoms with Crippen LogP contribution in [0.5, 0.6) is 0 Å². The number of aromatic nitrogens is 2. The van der Waals surface area contributed by atoms with Crippen molar-refractivity contribution in [3.05, 3.63) is 16.4 Å². The van der Waals surface area contributed by atoms with Gasteiger partial charge in [-0.3, -0.25) is 4.57 Å². The Labute approximate surface area is 87.9 Å². The van der Waals surface area contributed by atoms with Crippen molar-refractivity contribution in [2.24, 2.45) is 7.05 Å². The number of imidazole rings is 1. The van der Waals surface area contributed by atoms with E-state index >= 15 is 0 Å². The molecule has 0 radical (unpaired) electrons. The SMILES string of the molecule is CN(C)CCNc1c([N+](=O)[O-])ncn1C. The molecule has 0 spiro atoms. The molecule has 1 rings (SSSR count). The third kappa shape index (κ3) is 2.91. The summed E-state index contributed by atoms with van der Waals surface area (Å²) >= 11 is 0. The van der Waals surface area contributed by atoms with Crippen LogP contribution in [0.25, 0.3) is 0 Å². The van der Waals surface area contributed by atoms with Crippen molar-refractivity contribution in [3.63, 3.8) is 0 Å². The number of nitro groups is 1. The van der Waals surface area contributed by atoms with Crippen LogP contribution in [0.2, 0.25) is 0 Å². The lowest BCUT2D eigenvalue weighted by atomic mass is 10.5. The van der Waals surface area contributed by atoms with Crippen LogP contribution in [0.3, 0.4) is 0 Å². The summed E-state index contributed by atoms with van der Waals surface area (Å²) in [5.41, 5.74) is 0. The van der Waals surface area contributed by atoms with Crippen LogP contribution in [0.15, 0.2) is 6.33 Å². The maximum absolute atomic E-state index is 10.6. The number of hydrogen-bond acceptors (Lipinski definition) is 5. The quantitative estimate of drug-likeness (QED) is 0.562. The molecule has 0 saturated heterocycles. The standard InChI is InChI=1S/C8H15N5O2/c1-11(2)5-4-9-7-8(13(14)15)10-6-12(7)3/h6,9H,4-5H2,1-3H3. The van der Waals surface area contributed by atoms with Gasteiger partial charge < -0.3 is 20.3 Å². The molecule has 84 valence electrons. The number of aryl methyl sites for hydroxylation is 1. The highest BCUT2D eigenvalue weighted by atomic mass is 16.6. The van der Waals surface area contributed by atoms with E-state index in [2.05, 4.69) is 10.3 Å². The normalized spacial score (nSPS) is 10.7. The average molecular weight is 213 g/mol. The maximum atomic E-state index is 10.6. The number of rotatable bonds is 5. The Morgan fingerprint density at radius 1 is 1.67 bits per heavy atom. The summed E-state index contributed by atoms with van der Waals surface area (Å²) in [6, 6.07) is 0. The first-order chi connectivity index (χ1) is 7.02. The molecule has 1 aromatic rings. The average Bonchev–Trinajstić information content (AvgIpc) is 2.47. The summed E-state index contributed by atoms with van der Waals surface area (Å²) in [6.45, 7) is 1.45. The van der Waals surface area contributed by atoms with E-state index in [-0.39, 0.29) is 5.82 Å². The van der Waals surface area contributed by atoms with E-state index in [1.165, 1.54) is 6.33 Å². The Bertz CT molecular complexity index is 347. The molecule has 1 N–H and O–H groups in total. The molecule has 7 heteroatoms. The largest absolute Gasteiger partial charge is 0.406 e. The van der Waals surface area contributed by atoms with Gasteiger partial charge in [0, 0.05) is 20.1 Å². The van der Waals surface area contributed by atoms with Gasteiger partial charge in [0.15, 0.2) is 0 Å². The molecule has 0 aliphatic rings. The van der Waals surface area contributed by atoms with E-state index in [1.807, 2.05) is 19.0 Å². The van der Waals surface area contributed by atoms with E-state index in [9.17, 15) is 10.1 Å². The van der Waals surface area contributed by atoms with Gasteiger partial charge in [-0.25, -0.2) is 0 Å². The van der Waals surface area contributed by atoms with Crippen LogP contribution in [0, 0.1) is 10.1 Å². The highest BCUT2D eigenvalue weighted by Crippen LogP contribution is 2.20. The van der Waals surface area contributed by atoms with E-state index in [0.717, 1.165) is 6.54 Å². The molecular formula is C8H15N5O2. The predicted molar refractivity (Wildman–Crippen MR) is 56.9 cm³/mol. The molecule has 0 amide bonds. The van der Waals surface area contributed by atoms with Crippen LogP contribution in [0.1, 0.15) is 0 Å². The molecule has 0 aliphatic carbocycles. The second-order valence-corrected chi connectivity index (χ2v) is 3.51. The fourth-order valence-electron chi connectivity index (χ4n) is 1.15. The van der Waals surface area contributed by atoms with E-state index < -0.39 is 4.92 Å². The van der Waals surface area contributed by atoms with Crippen LogP contribution >= 0.6 is 0 Å². The Kier molecular flexibility index (Phi) is 3.62. The Hall–Kier alpha value is -1.63. The number of nitrogens with one attached hydrogen (secondary N) is 1. The van der Waals surface area contributed by atoms with Crippen LogP contribution < -0.4 is 5.32 Å². The number of hydrogen-bond donors (Lipinski definition) is 1. The van der Waals surface area contributed by atoms with E-state index in [0.29, 0.717) is 12.4 Å². The predicted octanol–water partition coefficient (Wildman–Crippen LogP) is 0.302. The second-order valence-electron chi connectivity index (χ2n) is 3.51. The molecule has 7 nitrogen and oxygen atoms in total. The first kappa shape index (κ1) is 11.4. The first-order valence-electron chi connectivity index (χ1n) is 4.56. The van der Waals surface area contributed by atoms with Crippen molar-refractivity contribution in [3.8, 4) is 0 Å². The van der Waals surface area contributed by atoms with Gasteiger partial charge in [0.2, 0.25) is 12.1 Å². The van der Waals surface area contributed by atoms with Crippen molar-refractivity contribution >= 4 is 11.6 Å². The lowest BCUT2D eigenvalue weighted by Crippen LogP contribution is -2.21. The minimum absolute atomic E-state index is 0.128.